The zero-order chi connectivity index (χ0) is 21.5. The number of carbonyl (C=O) groups excluding carboxylic acids is 1. The molecule has 2 heterocycles. The molecule has 0 radical (unpaired) electrons. The summed E-state index contributed by atoms with van der Waals surface area (Å²) < 4.78 is 2.26. The van der Waals surface area contributed by atoms with Gasteiger partial charge in [-0.2, -0.15) is 0 Å². The van der Waals surface area contributed by atoms with E-state index in [9.17, 15) is 4.79 Å². The third kappa shape index (κ3) is 4.35. The lowest BCUT2D eigenvalue weighted by Gasteiger charge is -2.20. The Balaban J connectivity index is 2.04. The lowest BCUT2D eigenvalue weighted by molar-refractivity contribution is -0.123. The van der Waals surface area contributed by atoms with Gasteiger partial charge in [-0.1, -0.05) is 6.07 Å². The zero-order valence-electron chi connectivity index (χ0n) is 18.7. The van der Waals surface area contributed by atoms with Gasteiger partial charge in [-0.05, 0) is 108 Å². The summed E-state index contributed by atoms with van der Waals surface area (Å²) in [6, 6.07) is 8.98. The Morgan fingerprint density at radius 1 is 0.966 bits per heavy atom. The molecule has 0 bridgehead atoms. The smallest absolute Gasteiger partial charge is 0.266 e. The normalized spacial score (nSPS) is 17.6. The van der Waals surface area contributed by atoms with E-state index in [1.165, 1.54) is 28.6 Å². The van der Waals surface area contributed by atoms with Crippen molar-refractivity contribution in [3.8, 4) is 5.69 Å². The van der Waals surface area contributed by atoms with Crippen molar-refractivity contribution in [3.63, 3.8) is 0 Å². The van der Waals surface area contributed by atoms with Crippen LogP contribution < -0.4 is 0 Å². The molecule has 0 unspecified atom stereocenters. The molecule has 0 atom stereocenters. The number of thioether (sulfide) groups is 1. The molecule has 154 valence electrons. The van der Waals surface area contributed by atoms with Gasteiger partial charge in [0.05, 0.1) is 4.91 Å². The predicted octanol–water partition coefficient (Wildman–Crippen LogP) is 5.80. The second-order valence-electron chi connectivity index (χ2n) is 8.39. The van der Waals surface area contributed by atoms with Crippen LogP contribution in [0.2, 0.25) is 0 Å². The second-order valence-corrected chi connectivity index (χ2v) is 9.40. The van der Waals surface area contributed by atoms with Crippen molar-refractivity contribution >= 4 is 28.9 Å². The number of amidine groups is 1. The van der Waals surface area contributed by atoms with Crippen LogP contribution in [0.15, 0.2) is 34.2 Å². The number of hydrogen-bond acceptors (Lipinski definition) is 3. The minimum absolute atomic E-state index is 0.0422. The molecule has 0 saturated carbocycles. The topological polar surface area (TPSA) is 37.6 Å². The minimum atomic E-state index is 0.0422. The van der Waals surface area contributed by atoms with Gasteiger partial charge in [0.2, 0.25) is 0 Å². The first kappa shape index (κ1) is 21.4. The molecule has 0 spiro atoms. The molecule has 1 aromatic heterocycles. The molecule has 1 amide bonds. The van der Waals surface area contributed by atoms with Gasteiger partial charge in [-0.15, -0.1) is 0 Å². The summed E-state index contributed by atoms with van der Waals surface area (Å²) >= 11 is 1.48. The summed E-state index contributed by atoms with van der Waals surface area (Å²) in [5.74, 6) is 0.0422. The number of aryl methyl sites for hydroxylation is 3. The molecule has 1 saturated heterocycles. The van der Waals surface area contributed by atoms with E-state index in [-0.39, 0.29) is 18.0 Å². The largest absolute Gasteiger partial charge is 0.318 e. The van der Waals surface area contributed by atoms with Gasteiger partial charge in [0.25, 0.3) is 5.91 Å². The lowest BCUT2D eigenvalue weighted by Crippen LogP contribution is -2.35. The van der Waals surface area contributed by atoms with E-state index >= 15 is 0 Å². The summed E-state index contributed by atoms with van der Waals surface area (Å²) in [4.78, 5) is 20.3. The Morgan fingerprint density at radius 2 is 1.59 bits per heavy atom. The highest BCUT2D eigenvalue weighted by molar-refractivity contribution is 8.18. The minimum Gasteiger partial charge on any atom is -0.318 e. The van der Waals surface area contributed by atoms with Gasteiger partial charge < -0.3 is 4.57 Å². The predicted molar refractivity (Wildman–Crippen MR) is 125 cm³/mol. The summed E-state index contributed by atoms with van der Waals surface area (Å²) in [6.07, 6.45) is 2.02. The number of aliphatic imine (C=N–C) groups is 1. The average molecular weight is 410 g/mol. The summed E-state index contributed by atoms with van der Waals surface area (Å²) in [6.45, 7) is 16.6. The van der Waals surface area contributed by atoms with E-state index in [1.807, 2.05) is 33.8 Å². The van der Waals surface area contributed by atoms with Crippen LogP contribution in [-0.4, -0.2) is 32.6 Å². The third-order valence-electron chi connectivity index (χ3n) is 4.94. The van der Waals surface area contributed by atoms with Crippen LogP contribution in [0.5, 0.6) is 0 Å². The molecule has 1 aromatic carbocycles. The highest BCUT2D eigenvalue weighted by Crippen LogP contribution is 2.35. The first-order valence-corrected chi connectivity index (χ1v) is 11.0. The molecule has 3 rings (SSSR count). The Kier molecular flexibility index (Phi) is 6.08. The molecule has 1 aliphatic heterocycles. The van der Waals surface area contributed by atoms with Gasteiger partial charge in [0.15, 0.2) is 5.17 Å². The lowest BCUT2D eigenvalue weighted by atomic mass is 10.1. The Bertz CT molecular complexity index is 991. The first-order valence-electron chi connectivity index (χ1n) is 10.2. The fraction of sp³-hybridized carbons (Fsp3) is 0.417. The standard InChI is InChI=1S/C24H31N3OS/c1-14(2)25-24-26(15(3)4)23(28)22(29-24)13-20-12-18(7)27(19(20)8)21-10-16(5)9-17(6)11-21/h9-15H,1-8H3/b22-13+,25-24?. The SMILES string of the molecule is Cc1cc(C)cc(-n2c(C)cc(/C=C3/SC(=NC(C)C)N(C(C)C)C3=O)c2C)c1. The second kappa shape index (κ2) is 8.23. The van der Waals surface area contributed by atoms with Crippen LogP contribution in [0.1, 0.15) is 55.8 Å². The van der Waals surface area contributed by atoms with Crippen LogP contribution >= 0.6 is 11.8 Å². The van der Waals surface area contributed by atoms with Crippen LogP contribution in [0.4, 0.5) is 0 Å². The third-order valence-corrected chi connectivity index (χ3v) is 5.94. The summed E-state index contributed by atoms with van der Waals surface area (Å²) in [7, 11) is 0. The Morgan fingerprint density at radius 3 is 2.14 bits per heavy atom. The van der Waals surface area contributed by atoms with Crippen molar-refractivity contribution in [1.29, 1.82) is 0 Å². The number of hydrogen-bond donors (Lipinski definition) is 0. The van der Waals surface area contributed by atoms with Gasteiger partial charge in [0.1, 0.15) is 0 Å². The van der Waals surface area contributed by atoms with Gasteiger partial charge in [-0.3, -0.25) is 14.7 Å². The molecule has 29 heavy (non-hydrogen) atoms. The van der Waals surface area contributed by atoms with Gasteiger partial charge >= 0.3 is 0 Å². The molecule has 0 N–H and O–H groups in total. The number of nitrogens with zero attached hydrogens (tertiary/aromatic N) is 3. The molecule has 1 fully saturated rings. The van der Waals surface area contributed by atoms with Gasteiger partial charge in [0, 0.05) is 29.2 Å². The quantitative estimate of drug-likeness (QED) is 0.599. The average Bonchev–Trinajstić information content (AvgIpc) is 3.02. The fourth-order valence-corrected chi connectivity index (χ4v) is 5.03. The molecular formula is C24H31N3OS. The Labute approximate surface area is 178 Å². The molecule has 5 heteroatoms. The van der Waals surface area contributed by atoms with Crippen molar-refractivity contribution in [2.75, 3.05) is 0 Å². The fourth-order valence-electron chi connectivity index (χ4n) is 3.80. The van der Waals surface area contributed by atoms with Crippen LogP contribution in [0.3, 0.4) is 0 Å². The van der Waals surface area contributed by atoms with E-state index in [1.54, 1.807) is 4.90 Å². The highest BCUT2D eigenvalue weighted by atomic mass is 32.2. The van der Waals surface area contributed by atoms with E-state index in [0.29, 0.717) is 0 Å². The van der Waals surface area contributed by atoms with Crippen LogP contribution in [0.25, 0.3) is 11.8 Å². The van der Waals surface area contributed by atoms with Crippen molar-refractivity contribution in [1.82, 2.24) is 9.47 Å². The molecule has 0 aliphatic carbocycles. The molecule has 4 nitrogen and oxygen atoms in total. The van der Waals surface area contributed by atoms with Crippen LogP contribution in [-0.2, 0) is 4.79 Å². The van der Waals surface area contributed by atoms with Crippen LogP contribution in [0, 0.1) is 27.7 Å². The number of rotatable bonds is 4. The van der Waals surface area contributed by atoms with Crippen molar-refractivity contribution < 1.29 is 4.79 Å². The maximum Gasteiger partial charge on any atom is 0.266 e. The van der Waals surface area contributed by atoms with Gasteiger partial charge in [-0.25, -0.2) is 0 Å². The molecule has 2 aromatic rings. The van der Waals surface area contributed by atoms with E-state index in [2.05, 4.69) is 61.5 Å². The maximum atomic E-state index is 13.1. The van der Waals surface area contributed by atoms with E-state index in [0.717, 1.165) is 27.0 Å². The maximum absolute atomic E-state index is 13.1. The number of aromatic nitrogens is 1. The van der Waals surface area contributed by atoms with E-state index < -0.39 is 0 Å². The first-order chi connectivity index (χ1) is 13.6. The molecular weight excluding hydrogens is 378 g/mol. The monoisotopic (exact) mass is 409 g/mol. The highest BCUT2D eigenvalue weighted by Gasteiger charge is 2.35. The van der Waals surface area contributed by atoms with E-state index in [4.69, 9.17) is 0 Å². The number of amides is 1. The van der Waals surface area contributed by atoms with Crippen molar-refractivity contribution in [2.45, 2.75) is 67.5 Å². The van der Waals surface area contributed by atoms with Crippen molar-refractivity contribution in [3.05, 3.63) is 57.2 Å². The summed E-state index contributed by atoms with van der Waals surface area (Å²) in [5.41, 5.74) is 7.03. The molecule has 1 aliphatic rings. The summed E-state index contributed by atoms with van der Waals surface area (Å²) in [5, 5.41) is 0.800. The number of benzene rings is 1. The Hall–Kier alpha value is -2.27. The van der Waals surface area contributed by atoms with Crippen molar-refractivity contribution in [2.24, 2.45) is 4.99 Å². The number of carbonyl (C=O) groups is 1. The zero-order valence-corrected chi connectivity index (χ0v) is 19.5.